The quantitative estimate of drug-likeness (QED) is 0.151. The van der Waals surface area contributed by atoms with E-state index >= 15 is 0 Å². The van der Waals surface area contributed by atoms with E-state index in [1.807, 2.05) is 39.0 Å². The summed E-state index contributed by atoms with van der Waals surface area (Å²) in [7, 11) is -0.504. The number of amides is 1. The molecule has 2 aliphatic heterocycles. The normalized spacial score (nSPS) is 18.1. The second-order valence-corrected chi connectivity index (χ2v) is 21.4. The lowest BCUT2D eigenvalue weighted by Gasteiger charge is -2.39. The van der Waals surface area contributed by atoms with Crippen LogP contribution >= 0.6 is 0 Å². The highest BCUT2D eigenvalue weighted by Gasteiger charge is 2.47. The number of hydrogen-bond acceptors (Lipinski definition) is 10. The van der Waals surface area contributed by atoms with Gasteiger partial charge in [-0.2, -0.15) is 5.26 Å². The summed E-state index contributed by atoms with van der Waals surface area (Å²) in [6.45, 7) is 21.7. The van der Waals surface area contributed by atoms with Gasteiger partial charge in [-0.15, -0.1) is 0 Å². The van der Waals surface area contributed by atoms with Crippen molar-refractivity contribution in [2.45, 2.75) is 96.4 Å². The minimum atomic E-state index is -2.15. The van der Waals surface area contributed by atoms with Crippen LogP contribution in [0.15, 0.2) is 42.6 Å². The molecule has 1 fully saturated rings. The molecule has 0 spiro atoms. The summed E-state index contributed by atoms with van der Waals surface area (Å²) in [5.74, 6) is 1.48. The van der Waals surface area contributed by atoms with Crippen molar-refractivity contribution in [1.82, 2.24) is 9.97 Å². The van der Waals surface area contributed by atoms with Gasteiger partial charge in [-0.3, -0.25) is 4.90 Å². The Hall–Kier alpha value is -4.02. The number of anilines is 3. The zero-order valence-corrected chi connectivity index (χ0v) is 33.5. The van der Waals surface area contributed by atoms with Crippen LogP contribution in [0.2, 0.25) is 18.1 Å². The van der Waals surface area contributed by atoms with E-state index in [9.17, 15) is 10.1 Å². The van der Waals surface area contributed by atoms with Crippen LogP contribution in [-0.4, -0.2) is 76.7 Å². The Morgan fingerprint density at radius 2 is 1.83 bits per heavy atom. The summed E-state index contributed by atoms with van der Waals surface area (Å²) in [6, 6.07) is 14.2. The third-order valence-electron chi connectivity index (χ3n) is 10.3. The van der Waals surface area contributed by atoms with E-state index in [1.165, 1.54) is 5.56 Å². The monoisotopic (exact) mass is 729 g/mol. The number of fused-ring (bicyclic) bond motifs is 1. The molecule has 2 aromatic carbocycles. The van der Waals surface area contributed by atoms with Crippen molar-refractivity contribution >= 4 is 31.7 Å². The zero-order chi connectivity index (χ0) is 37.9. The van der Waals surface area contributed by atoms with Gasteiger partial charge in [-0.25, -0.2) is 14.8 Å². The second kappa shape index (κ2) is 15.5. The van der Waals surface area contributed by atoms with Gasteiger partial charge in [0.15, 0.2) is 8.32 Å². The lowest BCUT2D eigenvalue weighted by molar-refractivity contribution is 0.0575. The average molecular weight is 730 g/mol. The summed E-state index contributed by atoms with van der Waals surface area (Å²) in [6.07, 6.45) is 3.14. The first-order valence-corrected chi connectivity index (χ1v) is 21.0. The molecule has 0 radical (unpaired) electrons. The Morgan fingerprint density at radius 1 is 1.10 bits per heavy atom. The minimum absolute atomic E-state index is 0.000490. The Balaban J connectivity index is 1.52. The van der Waals surface area contributed by atoms with Gasteiger partial charge in [-0.05, 0) is 99.1 Å². The predicted molar refractivity (Wildman–Crippen MR) is 206 cm³/mol. The second-order valence-electron chi connectivity index (χ2n) is 16.6. The molecule has 1 aromatic heterocycles. The lowest BCUT2D eigenvalue weighted by atomic mass is 9.83. The number of benzene rings is 2. The third kappa shape index (κ3) is 8.94. The van der Waals surface area contributed by atoms with Crippen LogP contribution in [0.5, 0.6) is 5.75 Å². The molecule has 0 aliphatic carbocycles. The van der Waals surface area contributed by atoms with Crippen LogP contribution in [0.4, 0.5) is 22.1 Å². The highest BCUT2D eigenvalue weighted by Crippen LogP contribution is 2.47. The number of nitriles is 1. The number of nitrogens with zero attached hydrogens (tertiary/aromatic N) is 4. The van der Waals surface area contributed by atoms with Crippen molar-refractivity contribution in [3.8, 4) is 23.1 Å². The van der Waals surface area contributed by atoms with Crippen molar-refractivity contribution in [2.75, 3.05) is 56.9 Å². The highest BCUT2D eigenvalue weighted by atomic mass is 28.4. The molecule has 2 aliphatic rings. The van der Waals surface area contributed by atoms with Crippen molar-refractivity contribution in [3.63, 3.8) is 0 Å². The Labute approximate surface area is 310 Å². The summed E-state index contributed by atoms with van der Waals surface area (Å²) >= 11 is 0. The van der Waals surface area contributed by atoms with Crippen LogP contribution in [-0.2, 0) is 24.1 Å². The van der Waals surface area contributed by atoms with Crippen LogP contribution in [0, 0.1) is 11.3 Å². The molecule has 11 nitrogen and oxygen atoms in total. The molecule has 280 valence electrons. The molecule has 1 N–H and O–H groups in total. The third-order valence-corrected chi connectivity index (χ3v) is 14.7. The molecule has 3 heterocycles. The smallest absolute Gasteiger partial charge is 0.414 e. The molecule has 1 atom stereocenters. The van der Waals surface area contributed by atoms with Crippen LogP contribution < -0.4 is 15.0 Å². The van der Waals surface area contributed by atoms with Crippen LogP contribution in [0.1, 0.15) is 83.9 Å². The van der Waals surface area contributed by atoms with Gasteiger partial charge in [0.05, 0.1) is 29.2 Å². The topological polar surface area (TPSA) is 128 Å². The predicted octanol–water partition coefficient (Wildman–Crippen LogP) is 8.71. The Morgan fingerprint density at radius 3 is 2.48 bits per heavy atom. The van der Waals surface area contributed by atoms with E-state index in [2.05, 4.69) is 69.3 Å². The van der Waals surface area contributed by atoms with E-state index in [0.717, 1.165) is 42.9 Å². The SMILES string of the molecule is COCCOc1cc(C2CCOCC2)ccc1Nc1nccc(-c2cc(C#N)c3c(c2)[C@@](C)(CO[Si](C)(C)C(C)(C)C)CN3C(=O)OC(C)(C)C)n1. The summed E-state index contributed by atoms with van der Waals surface area (Å²) in [5, 5.41) is 13.9. The molecular weight excluding hydrogens is 675 g/mol. The van der Waals surface area contributed by atoms with Crippen LogP contribution in [0.3, 0.4) is 0 Å². The highest BCUT2D eigenvalue weighted by molar-refractivity contribution is 6.74. The fourth-order valence-corrected chi connectivity index (χ4v) is 7.38. The first-order valence-electron chi connectivity index (χ1n) is 18.1. The number of carbonyl (C=O) groups is 1. The molecule has 3 aromatic rings. The number of carbonyl (C=O) groups excluding carboxylic acids is 1. The molecule has 5 rings (SSSR count). The van der Waals surface area contributed by atoms with Crippen molar-refractivity contribution in [2.24, 2.45) is 0 Å². The molecule has 1 amide bonds. The molecule has 1 saturated heterocycles. The molecule has 0 unspecified atom stereocenters. The maximum Gasteiger partial charge on any atom is 0.414 e. The van der Waals surface area contributed by atoms with Gasteiger partial charge in [0, 0.05) is 50.7 Å². The zero-order valence-electron chi connectivity index (χ0n) is 32.5. The summed E-state index contributed by atoms with van der Waals surface area (Å²) in [5.41, 5.74) is 3.74. The van der Waals surface area contributed by atoms with E-state index in [1.54, 1.807) is 24.3 Å². The molecule has 0 saturated carbocycles. The van der Waals surface area contributed by atoms with E-state index in [-0.39, 0.29) is 5.04 Å². The van der Waals surface area contributed by atoms with E-state index in [0.29, 0.717) is 60.9 Å². The fourth-order valence-electron chi connectivity index (χ4n) is 6.27. The fraction of sp³-hybridized carbons (Fsp3) is 0.550. The van der Waals surface area contributed by atoms with Crippen molar-refractivity contribution in [3.05, 3.63) is 59.3 Å². The first-order chi connectivity index (χ1) is 24.4. The van der Waals surface area contributed by atoms with Gasteiger partial charge in [0.1, 0.15) is 24.0 Å². The van der Waals surface area contributed by atoms with Gasteiger partial charge >= 0.3 is 6.09 Å². The van der Waals surface area contributed by atoms with Gasteiger partial charge in [0.25, 0.3) is 0 Å². The van der Waals surface area contributed by atoms with Gasteiger partial charge in [0.2, 0.25) is 5.95 Å². The first kappa shape index (κ1) is 39.2. The molecular formula is C40H55N5O6Si. The number of rotatable bonds is 11. The van der Waals surface area contributed by atoms with E-state index < -0.39 is 25.4 Å². The maximum atomic E-state index is 13.6. The van der Waals surface area contributed by atoms with Crippen LogP contribution in [0.25, 0.3) is 11.3 Å². The average Bonchev–Trinajstić information content (AvgIpc) is 3.40. The standard InChI is InChI=1S/C40H55N5O6Si/c1-38(2,3)51-37(46)45-25-40(7,26-50-52(9,10)39(4,5)6)31-22-29(21-30(24-41)35(31)45)32-13-16-42-36(43-32)44-33-12-11-28(27-14-17-48-18-15-27)23-34(33)49-20-19-47-8/h11-13,16,21-23,27H,14-15,17-20,25-26H2,1-10H3,(H,42,43,44)/t40-/m1/s1. The Kier molecular flexibility index (Phi) is 11.7. The minimum Gasteiger partial charge on any atom is -0.489 e. The molecule has 12 heteroatoms. The number of methoxy groups -OCH3 is 1. The number of aromatic nitrogens is 2. The maximum absolute atomic E-state index is 13.6. The summed E-state index contributed by atoms with van der Waals surface area (Å²) < 4.78 is 29.6. The molecule has 0 bridgehead atoms. The lowest BCUT2D eigenvalue weighted by Crippen LogP contribution is -2.46. The van der Waals surface area contributed by atoms with Gasteiger partial charge in [-0.1, -0.05) is 33.8 Å². The number of ether oxygens (including phenoxy) is 4. The van der Waals surface area contributed by atoms with Crippen molar-refractivity contribution < 1.29 is 28.2 Å². The Bertz CT molecular complexity index is 1790. The number of hydrogen-bond donors (Lipinski definition) is 1. The summed E-state index contributed by atoms with van der Waals surface area (Å²) in [4.78, 5) is 24.7. The largest absolute Gasteiger partial charge is 0.489 e. The number of nitrogens with one attached hydrogen (secondary N) is 1. The van der Waals surface area contributed by atoms with Gasteiger partial charge < -0.3 is 28.7 Å². The van der Waals surface area contributed by atoms with E-state index in [4.69, 9.17) is 28.4 Å². The van der Waals surface area contributed by atoms with Crippen molar-refractivity contribution in [1.29, 1.82) is 5.26 Å². The molecule has 52 heavy (non-hydrogen) atoms.